The predicted molar refractivity (Wildman–Crippen MR) is 114 cm³/mol. The zero-order valence-corrected chi connectivity index (χ0v) is 17.0. The lowest BCUT2D eigenvalue weighted by atomic mass is 10.1. The minimum Gasteiger partial charge on any atom is -0.320 e. The van der Waals surface area contributed by atoms with Gasteiger partial charge in [-0.1, -0.05) is 30.3 Å². The van der Waals surface area contributed by atoms with E-state index in [1.165, 1.54) is 0 Å². The zero-order chi connectivity index (χ0) is 20.6. The highest BCUT2D eigenvalue weighted by Crippen LogP contribution is 2.23. The van der Waals surface area contributed by atoms with Crippen molar-refractivity contribution in [1.29, 1.82) is 0 Å². The molecule has 1 aliphatic heterocycles. The van der Waals surface area contributed by atoms with Crippen molar-refractivity contribution >= 4 is 27.1 Å². The second kappa shape index (κ2) is 7.54. The Kier molecular flexibility index (Phi) is 4.72. The Morgan fingerprint density at radius 2 is 1.87 bits per heavy atom. The second-order valence-corrected chi connectivity index (χ2v) is 9.66. The Bertz CT molecular complexity index is 1250. The summed E-state index contributed by atoms with van der Waals surface area (Å²) in [6.07, 6.45) is 3.41. The van der Waals surface area contributed by atoms with Crippen LogP contribution in [0.4, 0.5) is 11.6 Å². The lowest BCUT2D eigenvalue weighted by molar-refractivity contribution is 0.287. The fraction of sp³-hybridized carbons (Fsp3) is 0.250. The normalized spacial score (nSPS) is 16.7. The first-order chi connectivity index (χ1) is 14.6. The van der Waals surface area contributed by atoms with Crippen molar-refractivity contribution < 1.29 is 8.42 Å². The van der Waals surface area contributed by atoms with Crippen LogP contribution in [0, 0.1) is 0 Å². The number of H-pyrrole nitrogens is 1. The van der Waals surface area contributed by atoms with Crippen LogP contribution in [0.3, 0.4) is 0 Å². The Hall–Kier alpha value is -3.24. The number of fused-ring (bicyclic) bond motifs is 1. The van der Waals surface area contributed by atoms with Gasteiger partial charge < -0.3 is 5.32 Å². The van der Waals surface area contributed by atoms with E-state index in [9.17, 15) is 8.42 Å². The number of sulfone groups is 1. The van der Waals surface area contributed by atoms with Crippen LogP contribution in [0.15, 0.2) is 54.9 Å². The average molecular weight is 424 g/mol. The first kappa shape index (κ1) is 18.8. The van der Waals surface area contributed by atoms with E-state index in [1.54, 1.807) is 12.4 Å². The highest BCUT2D eigenvalue weighted by atomic mass is 32.2. The van der Waals surface area contributed by atoms with Gasteiger partial charge in [0.15, 0.2) is 15.5 Å². The fourth-order valence-corrected chi connectivity index (χ4v) is 4.85. The number of hydrogen-bond acceptors (Lipinski definition) is 7. The highest BCUT2D eigenvalue weighted by Gasteiger charge is 2.21. The molecule has 1 fully saturated rings. The number of nitrogens with zero attached hydrogens (tertiary/aromatic N) is 5. The maximum atomic E-state index is 11.6. The van der Waals surface area contributed by atoms with Gasteiger partial charge in [0.1, 0.15) is 0 Å². The molecular formula is C20H21N7O2S. The van der Waals surface area contributed by atoms with E-state index in [2.05, 4.69) is 54.8 Å². The van der Waals surface area contributed by atoms with Crippen molar-refractivity contribution in [3.05, 3.63) is 60.4 Å². The molecule has 9 nitrogen and oxygen atoms in total. The maximum Gasteiger partial charge on any atom is 0.247 e. The summed E-state index contributed by atoms with van der Waals surface area (Å²) in [6, 6.07) is 14.2. The third-order valence-electron chi connectivity index (χ3n) is 5.21. The number of benzene rings is 1. The van der Waals surface area contributed by atoms with Gasteiger partial charge in [-0.25, -0.2) is 12.9 Å². The lowest BCUT2D eigenvalue weighted by Gasteiger charge is -2.26. The monoisotopic (exact) mass is 423 g/mol. The van der Waals surface area contributed by atoms with Crippen molar-refractivity contribution in [2.45, 2.75) is 6.54 Å². The molecule has 2 N–H and O–H groups in total. The Morgan fingerprint density at radius 1 is 1.07 bits per heavy atom. The number of nitrogens with one attached hydrogen (secondary N) is 2. The van der Waals surface area contributed by atoms with Crippen molar-refractivity contribution in [2.75, 3.05) is 29.9 Å². The SMILES string of the molecule is O=S1(=O)CCN(Cc2ccc(-c3cccc4nc(Nc5cn[nH]c5)nn34)cc2)CC1. The minimum atomic E-state index is -2.85. The number of aromatic amines is 1. The summed E-state index contributed by atoms with van der Waals surface area (Å²) < 4.78 is 25.0. The van der Waals surface area contributed by atoms with Crippen molar-refractivity contribution in [3.8, 4) is 11.3 Å². The molecule has 0 amide bonds. The molecule has 10 heteroatoms. The quantitative estimate of drug-likeness (QED) is 0.506. The Balaban J connectivity index is 1.35. The van der Waals surface area contributed by atoms with E-state index in [-0.39, 0.29) is 11.5 Å². The summed E-state index contributed by atoms with van der Waals surface area (Å²) in [6.45, 7) is 1.94. The molecule has 1 saturated heterocycles. The number of aromatic nitrogens is 5. The third kappa shape index (κ3) is 3.91. The van der Waals surface area contributed by atoms with Crippen LogP contribution in [-0.2, 0) is 16.4 Å². The zero-order valence-electron chi connectivity index (χ0n) is 16.2. The molecule has 4 heterocycles. The summed E-state index contributed by atoms with van der Waals surface area (Å²) in [5, 5.41) is 14.4. The van der Waals surface area contributed by atoms with Gasteiger partial charge in [0.2, 0.25) is 5.95 Å². The second-order valence-electron chi connectivity index (χ2n) is 7.35. The molecule has 0 saturated carbocycles. The van der Waals surface area contributed by atoms with Crippen LogP contribution in [0.2, 0.25) is 0 Å². The van der Waals surface area contributed by atoms with Gasteiger partial charge in [-0.3, -0.25) is 10.00 Å². The van der Waals surface area contributed by atoms with Gasteiger partial charge in [0.25, 0.3) is 0 Å². The Morgan fingerprint density at radius 3 is 2.60 bits per heavy atom. The molecule has 5 rings (SSSR count). The van der Waals surface area contributed by atoms with Gasteiger partial charge in [0.05, 0.1) is 29.1 Å². The number of rotatable bonds is 5. The number of hydrogen-bond donors (Lipinski definition) is 2. The van der Waals surface area contributed by atoms with Gasteiger partial charge in [-0.2, -0.15) is 10.1 Å². The van der Waals surface area contributed by atoms with Gasteiger partial charge in [-0.15, -0.1) is 5.10 Å². The largest absolute Gasteiger partial charge is 0.320 e. The molecule has 0 spiro atoms. The third-order valence-corrected chi connectivity index (χ3v) is 6.82. The van der Waals surface area contributed by atoms with E-state index in [1.807, 2.05) is 22.7 Å². The van der Waals surface area contributed by atoms with Gasteiger partial charge >= 0.3 is 0 Å². The number of anilines is 2. The van der Waals surface area contributed by atoms with E-state index in [4.69, 9.17) is 0 Å². The summed E-state index contributed by atoms with van der Waals surface area (Å²) in [5.74, 6) is 0.990. The minimum absolute atomic E-state index is 0.245. The molecule has 30 heavy (non-hydrogen) atoms. The summed E-state index contributed by atoms with van der Waals surface area (Å²) >= 11 is 0. The molecule has 0 radical (unpaired) electrons. The molecule has 0 aliphatic carbocycles. The molecule has 0 bridgehead atoms. The molecule has 0 atom stereocenters. The Labute approximate surface area is 173 Å². The molecule has 4 aromatic rings. The molecule has 0 unspecified atom stereocenters. The van der Waals surface area contributed by atoms with Crippen molar-refractivity contribution in [2.24, 2.45) is 0 Å². The first-order valence-corrected chi connectivity index (χ1v) is 11.5. The smallest absolute Gasteiger partial charge is 0.247 e. The molecule has 1 aromatic carbocycles. The average Bonchev–Trinajstić information content (AvgIpc) is 3.39. The van der Waals surface area contributed by atoms with E-state index in [0.717, 1.165) is 34.7 Å². The van der Waals surface area contributed by atoms with Crippen molar-refractivity contribution in [1.82, 2.24) is 29.7 Å². The van der Waals surface area contributed by atoms with Crippen LogP contribution in [-0.4, -0.2) is 62.7 Å². The summed E-state index contributed by atoms with van der Waals surface area (Å²) in [5.41, 5.74) is 4.67. The molecule has 1 aliphatic rings. The summed E-state index contributed by atoms with van der Waals surface area (Å²) in [7, 11) is -2.85. The molecular weight excluding hydrogens is 402 g/mol. The number of pyridine rings is 1. The van der Waals surface area contributed by atoms with Crippen LogP contribution in [0.25, 0.3) is 16.9 Å². The van der Waals surface area contributed by atoms with Crippen molar-refractivity contribution in [3.63, 3.8) is 0 Å². The lowest BCUT2D eigenvalue weighted by Crippen LogP contribution is -2.39. The van der Waals surface area contributed by atoms with Crippen LogP contribution in [0.1, 0.15) is 5.56 Å². The van der Waals surface area contributed by atoms with Gasteiger partial charge in [-0.05, 0) is 17.7 Å². The van der Waals surface area contributed by atoms with E-state index >= 15 is 0 Å². The van der Waals surface area contributed by atoms with E-state index < -0.39 is 9.84 Å². The van der Waals surface area contributed by atoms with Crippen LogP contribution in [0.5, 0.6) is 0 Å². The molecule has 3 aromatic heterocycles. The first-order valence-electron chi connectivity index (χ1n) is 9.69. The summed E-state index contributed by atoms with van der Waals surface area (Å²) in [4.78, 5) is 6.71. The fourth-order valence-electron chi connectivity index (χ4n) is 3.57. The molecule has 154 valence electrons. The standard InChI is InChI=1S/C20H21N7O2S/c28-30(29)10-8-26(9-11-30)14-15-4-6-16(7-5-15)18-2-1-3-19-24-20(25-27(18)19)23-17-12-21-22-13-17/h1-7,12-13H,8-11,14H2,(H,21,22)(H,23,25). The van der Waals surface area contributed by atoms with Crippen LogP contribution < -0.4 is 5.32 Å². The highest BCUT2D eigenvalue weighted by molar-refractivity contribution is 7.91. The van der Waals surface area contributed by atoms with Gasteiger partial charge in [0, 0.05) is 31.4 Å². The topological polar surface area (TPSA) is 108 Å². The predicted octanol–water partition coefficient (Wildman–Crippen LogP) is 2.09. The maximum absolute atomic E-state index is 11.6. The van der Waals surface area contributed by atoms with Crippen LogP contribution >= 0.6 is 0 Å². The van der Waals surface area contributed by atoms with E-state index in [0.29, 0.717) is 19.0 Å².